The van der Waals surface area contributed by atoms with Crippen molar-refractivity contribution in [2.75, 3.05) is 19.6 Å². The number of hydrogen-bond acceptors (Lipinski definition) is 6. The Morgan fingerprint density at radius 1 is 1.03 bits per heavy atom. The summed E-state index contributed by atoms with van der Waals surface area (Å²) in [6.45, 7) is 2.55. The van der Waals surface area contributed by atoms with Gasteiger partial charge in [-0.2, -0.15) is 0 Å². The molecule has 1 aliphatic rings. The molecule has 0 aliphatic carbocycles. The van der Waals surface area contributed by atoms with Crippen LogP contribution in [0.5, 0.6) is 0 Å². The molecule has 0 N–H and O–H groups in total. The van der Waals surface area contributed by atoms with Gasteiger partial charge in [0.15, 0.2) is 0 Å². The standard InChI is InChI=1S/C25H21FN2O5/c26-17-4-5-21-20(14-17)19(23-28(21)33-25(30)24(29)32-23)8-12-27-10-6-15(7-11-27)18-3-1-2-16-9-13-31-22(16)18/h1-5,9,13-15H,6-8,10-12H2. The first-order valence-electron chi connectivity index (χ1n) is 11.0. The van der Waals surface area contributed by atoms with Gasteiger partial charge in [-0.05, 0) is 68.1 Å². The number of nitrogens with zero attached hydrogens (tertiary/aromatic N) is 2. The maximum atomic E-state index is 14.0. The van der Waals surface area contributed by atoms with Gasteiger partial charge in [0.05, 0.1) is 11.8 Å². The van der Waals surface area contributed by atoms with Gasteiger partial charge in [0.1, 0.15) is 11.4 Å². The fourth-order valence-electron chi connectivity index (χ4n) is 5.03. The number of halogens is 1. The van der Waals surface area contributed by atoms with Crippen LogP contribution in [0.2, 0.25) is 0 Å². The second-order valence-electron chi connectivity index (χ2n) is 8.56. The smallest absolute Gasteiger partial charge is 0.442 e. The maximum absolute atomic E-state index is 14.0. The summed E-state index contributed by atoms with van der Waals surface area (Å²) in [6, 6.07) is 12.5. The molecule has 4 heterocycles. The first-order valence-corrected chi connectivity index (χ1v) is 11.0. The van der Waals surface area contributed by atoms with Crippen molar-refractivity contribution in [2.45, 2.75) is 25.2 Å². The minimum Gasteiger partial charge on any atom is -0.464 e. The zero-order valence-corrected chi connectivity index (χ0v) is 17.8. The predicted molar refractivity (Wildman–Crippen MR) is 120 cm³/mol. The third-order valence-corrected chi connectivity index (χ3v) is 6.69. The van der Waals surface area contributed by atoms with Crippen molar-refractivity contribution in [3.05, 3.63) is 86.5 Å². The van der Waals surface area contributed by atoms with Crippen LogP contribution in [0.4, 0.5) is 4.39 Å². The Bertz CT molecular complexity index is 1600. The van der Waals surface area contributed by atoms with Gasteiger partial charge in [0.25, 0.3) is 0 Å². The number of rotatable bonds is 4. The van der Waals surface area contributed by atoms with Gasteiger partial charge in [0, 0.05) is 22.9 Å². The molecule has 2 aromatic carbocycles. The highest BCUT2D eigenvalue weighted by Crippen LogP contribution is 2.34. The van der Waals surface area contributed by atoms with E-state index in [2.05, 4.69) is 23.1 Å². The zero-order chi connectivity index (χ0) is 22.5. The van der Waals surface area contributed by atoms with E-state index in [4.69, 9.17) is 13.4 Å². The van der Waals surface area contributed by atoms with E-state index in [0.29, 0.717) is 35.3 Å². The molecule has 5 aromatic rings. The second-order valence-corrected chi connectivity index (χ2v) is 8.56. The fourth-order valence-corrected chi connectivity index (χ4v) is 5.03. The number of aromatic nitrogens is 1. The van der Waals surface area contributed by atoms with Crippen LogP contribution in [0.1, 0.15) is 29.9 Å². The third kappa shape index (κ3) is 3.38. The summed E-state index contributed by atoms with van der Waals surface area (Å²) in [7, 11) is 0. The number of piperidine rings is 1. The van der Waals surface area contributed by atoms with E-state index in [9.17, 15) is 14.0 Å². The van der Waals surface area contributed by atoms with Gasteiger partial charge < -0.3 is 18.3 Å². The summed E-state index contributed by atoms with van der Waals surface area (Å²) in [5.74, 6) is 0.0332. The molecule has 0 spiro atoms. The van der Waals surface area contributed by atoms with Crippen molar-refractivity contribution >= 4 is 27.6 Å². The van der Waals surface area contributed by atoms with Gasteiger partial charge >= 0.3 is 11.3 Å². The minimum atomic E-state index is -1.09. The highest BCUT2D eigenvalue weighted by atomic mass is 19.1. The van der Waals surface area contributed by atoms with Gasteiger partial charge in [-0.3, -0.25) is 0 Å². The number of fused-ring (bicyclic) bond motifs is 4. The lowest BCUT2D eigenvalue weighted by atomic mass is 9.88. The number of para-hydroxylation sites is 1. The van der Waals surface area contributed by atoms with Crippen LogP contribution < -0.4 is 11.3 Å². The molecule has 1 aliphatic heterocycles. The second kappa shape index (κ2) is 7.74. The molecule has 0 unspecified atom stereocenters. The quantitative estimate of drug-likeness (QED) is 0.381. The van der Waals surface area contributed by atoms with E-state index in [1.807, 2.05) is 6.07 Å². The highest BCUT2D eigenvalue weighted by Gasteiger charge is 2.24. The van der Waals surface area contributed by atoms with Gasteiger partial charge in [0.2, 0.25) is 5.71 Å². The predicted octanol–water partition coefficient (Wildman–Crippen LogP) is 4.31. The van der Waals surface area contributed by atoms with Crippen molar-refractivity contribution in [3.63, 3.8) is 0 Å². The van der Waals surface area contributed by atoms with Crippen molar-refractivity contribution in [1.82, 2.24) is 9.47 Å². The van der Waals surface area contributed by atoms with E-state index in [1.165, 1.54) is 28.3 Å². The van der Waals surface area contributed by atoms with E-state index < -0.39 is 17.1 Å². The summed E-state index contributed by atoms with van der Waals surface area (Å²) in [4.78, 5) is 25.8. The molecule has 168 valence electrons. The minimum absolute atomic E-state index is 0.152. The lowest BCUT2D eigenvalue weighted by Crippen LogP contribution is -2.34. The van der Waals surface area contributed by atoms with Crippen LogP contribution >= 0.6 is 0 Å². The number of likely N-dealkylation sites (tertiary alicyclic amines) is 1. The van der Waals surface area contributed by atoms with E-state index >= 15 is 0 Å². The molecular weight excluding hydrogens is 427 g/mol. The SMILES string of the molecule is O=c1oc2c(CCN3CCC(c4cccc5ccoc45)CC3)c3cc(F)ccc3n2oc1=O. The normalized spacial score (nSPS) is 15.8. The molecule has 0 saturated carbocycles. The molecule has 6 rings (SSSR count). The van der Waals surface area contributed by atoms with Crippen molar-refractivity contribution in [1.29, 1.82) is 0 Å². The number of benzene rings is 2. The monoisotopic (exact) mass is 448 g/mol. The molecule has 0 bridgehead atoms. The molecule has 0 radical (unpaired) electrons. The Morgan fingerprint density at radius 3 is 2.73 bits per heavy atom. The molecule has 33 heavy (non-hydrogen) atoms. The third-order valence-electron chi connectivity index (χ3n) is 6.69. The van der Waals surface area contributed by atoms with E-state index in [-0.39, 0.29) is 5.71 Å². The van der Waals surface area contributed by atoms with Crippen LogP contribution in [-0.4, -0.2) is 29.1 Å². The molecule has 7 nitrogen and oxygen atoms in total. The van der Waals surface area contributed by atoms with Gasteiger partial charge in [-0.1, -0.05) is 18.2 Å². The molecule has 0 atom stereocenters. The summed E-state index contributed by atoms with van der Waals surface area (Å²) in [6.07, 6.45) is 4.29. The van der Waals surface area contributed by atoms with Crippen molar-refractivity contribution in [2.24, 2.45) is 0 Å². The van der Waals surface area contributed by atoms with Crippen molar-refractivity contribution < 1.29 is 17.7 Å². The largest absolute Gasteiger partial charge is 0.464 e. The Kier molecular flexibility index (Phi) is 4.69. The first kappa shape index (κ1) is 20.0. The van der Waals surface area contributed by atoms with Crippen LogP contribution in [0.25, 0.3) is 27.6 Å². The fraction of sp³-hybridized carbons (Fsp3) is 0.280. The number of hydrogen-bond donors (Lipinski definition) is 0. The Balaban J connectivity index is 1.24. The molecule has 0 amide bonds. The van der Waals surface area contributed by atoms with Crippen LogP contribution in [0.3, 0.4) is 0 Å². The lowest BCUT2D eigenvalue weighted by Gasteiger charge is -2.32. The Labute approximate surface area is 186 Å². The topological polar surface area (TPSA) is 81.2 Å². The maximum Gasteiger partial charge on any atom is 0.442 e. The van der Waals surface area contributed by atoms with Gasteiger partial charge in [-0.15, -0.1) is 4.57 Å². The van der Waals surface area contributed by atoms with Crippen molar-refractivity contribution in [3.8, 4) is 0 Å². The average Bonchev–Trinajstić information content (AvgIpc) is 3.41. The summed E-state index contributed by atoms with van der Waals surface area (Å²) >= 11 is 0. The first-order chi connectivity index (χ1) is 16.1. The molecule has 1 saturated heterocycles. The lowest BCUT2D eigenvalue weighted by molar-refractivity contribution is 0.214. The summed E-state index contributed by atoms with van der Waals surface area (Å²) < 4.78 is 31.3. The van der Waals surface area contributed by atoms with E-state index in [0.717, 1.165) is 36.9 Å². The summed E-state index contributed by atoms with van der Waals surface area (Å²) in [5.41, 5.74) is 1.37. The van der Waals surface area contributed by atoms with Crippen LogP contribution in [0.15, 0.2) is 71.7 Å². The number of furan rings is 1. The van der Waals surface area contributed by atoms with E-state index in [1.54, 1.807) is 6.26 Å². The molecule has 1 fully saturated rings. The van der Waals surface area contributed by atoms with Crippen LogP contribution in [-0.2, 0) is 6.42 Å². The highest BCUT2D eigenvalue weighted by molar-refractivity contribution is 5.89. The molecule has 8 heteroatoms. The Morgan fingerprint density at radius 2 is 1.88 bits per heavy atom. The average molecular weight is 448 g/mol. The van der Waals surface area contributed by atoms with Crippen LogP contribution in [0, 0.1) is 5.82 Å². The van der Waals surface area contributed by atoms with Gasteiger partial charge in [-0.25, -0.2) is 14.0 Å². The molecular formula is C25H21FN2O5. The summed E-state index contributed by atoms with van der Waals surface area (Å²) in [5, 5.41) is 1.70. The molecule has 3 aromatic heterocycles. The Hall–Kier alpha value is -3.65. The zero-order valence-electron chi connectivity index (χ0n) is 17.8.